The Balaban J connectivity index is 1.55. The molecule has 0 bridgehead atoms. The van der Waals surface area contributed by atoms with E-state index in [1.54, 1.807) is 12.1 Å². The molecule has 0 radical (unpaired) electrons. The van der Waals surface area contributed by atoms with E-state index in [4.69, 9.17) is 16.3 Å². The van der Waals surface area contributed by atoms with Crippen LogP contribution in [0.1, 0.15) is 72.4 Å². The highest BCUT2D eigenvalue weighted by Gasteiger charge is 2.30. The van der Waals surface area contributed by atoms with Gasteiger partial charge in [-0.2, -0.15) is 0 Å². The number of benzene rings is 1. The number of carbonyl (C=O) groups excluding carboxylic acids is 1. The number of aryl methyl sites for hydroxylation is 1. The van der Waals surface area contributed by atoms with E-state index in [0.717, 1.165) is 66.2 Å². The van der Waals surface area contributed by atoms with Gasteiger partial charge in [0.2, 0.25) is 0 Å². The lowest BCUT2D eigenvalue weighted by atomic mass is 9.85. The van der Waals surface area contributed by atoms with Gasteiger partial charge in [0.25, 0.3) is 0 Å². The zero-order valence-corrected chi connectivity index (χ0v) is 25.9. The Morgan fingerprint density at radius 3 is 2.45 bits per heavy atom. The van der Waals surface area contributed by atoms with Crippen molar-refractivity contribution in [2.45, 2.75) is 96.2 Å². The maximum Gasteiger partial charge on any atom is 0.323 e. The molecule has 2 N–H and O–H groups in total. The molecule has 2 aromatic rings. The first-order valence-corrected chi connectivity index (χ1v) is 16.4. The summed E-state index contributed by atoms with van der Waals surface area (Å²) in [6, 6.07) is 5.12. The van der Waals surface area contributed by atoms with Gasteiger partial charge in [-0.15, -0.1) is 0 Å². The van der Waals surface area contributed by atoms with E-state index < -0.39 is 15.4 Å². The predicted octanol–water partition coefficient (Wildman–Crippen LogP) is 6.49. The van der Waals surface area contributed by atoms with Crippen LogP contribution in [0.5, 0.6) is 0 Å². The van der Waals surface area contributed by atoms with Gasteiger partial charge < -0.3 is 15.4 Å². The van der Waals surface area contributed by atoms with E-state index in [2.05, 4.69) is 29.5 Å². The largest absolute Gasteiger partial charge is 0.459 e. The Morgan fingerprint density at radius 1 is 1.21 bits per heavy atom. The van der Waals surface area contributed by atoms with E-state index in [1.165, 1.54) is 11.3 Å². The van der Waals surface area contributed by atoms with Crippen molar-refractivity contribution in [1.29, 1.82) is 0 Å². The second kappa shape index (κ2) is 12.7. The van der Waals surface area contributed by atoms with Crippen LogP contribution in [-0.4, -0.2) is 49.9 Å². The van der Waals surface area contributed by atoms with Gasteiger partial charge in [0.15, 0.2) is 15.0 Å². The molecule has 0 amide bonds. The lowest BCUT2D eigenvalue weighted by Gasteiger charge is -2.33. The number of ether oxygens (including phenoxy) is 1. The van der Waals surface area contributed by atoms with Gasteiger partial charge in [0.1, 0.15) is 11.6 Å². The Labute approximate surface area is 237 Å². The molecule has 3 rings (SSSR count). The smallest absolute Gasteiger partial charge is 0.323 e. The van der Waals surface area contributed by atoms with Crippen LogP contribution >= 0.6 is 22.9 Å². The summed E-state index contributed by atoms with van der Waals surface area (Å²) < 4.78 is 29.8. The minimum absolute atomic E-state index is 0.131. The van der Waals surface area contributed by atoms with Crippen molar-refractivity contribution in [3.63, 3.8) is 0 Å². The molecule has 1 fully saturated rings. The summed E-state index contributed by atoms with van der Waals surface area (Å²) in [5.74, 6) is 0.769. The van der Waals surface area contributed by atoms with Gasteiger partial charge in [-0.05, 0) is 89.3 Å². The molecule has 38 heavy (non-hydrogen) atoms. The van der Waals surface area contributed by atoms with Gasteiger partial charge in [-0.25, -0.2) is 13.4 Å². The molecular weight excluding hydrogens is 542 g/mol. The van der Waals surface area contributed by atoms with E-state index >= 15 is 0 Å². The number of halogens is 1. The van der Waals surface area contributed by atoms with Crippen molar-refractivity contribution in [3.8, 4) is 10.4 Å². The van der Waals surface area contributed by atoms with Crippen LogP contribution in [0.3, 0.4) is 0 Å². The quantitative estimate of drug-likeness (QED) is 0.308. The highest BCUT2D eigenvalue weighted by molar-refractivity contribution is 7.90. The average Bonchev–Trinajstić information content (AvgIpc) is 3.16. The molecule has 1 aromatic heterocycles. The van der Waals surface area contributed by atoms with Crippen LogP contribution in [0.4, 0.5) is 5.13 Å². The van der Waals surface area contributed by atoms with Crippen molar-refractivity contribution >= 4 is 43.9 Å². The lowest BCUT2D eigenvalue weighted by Crippen LogP contribution is -2.48. The molecule has 1 aliphatic carbocycles. The van der Waals surface area contributed by atoms with Crippen LogP contribution in [0, 0.1) is 18.8 Å². The summed E-state index contributed by atoms with van der Waals surface area (Å²) in [4.78, 5) is 18.5. The molecule has 1 aromatic carbocycles. The number of aromatic nitrogens is 1. The van der Waals surface area contributed by atoms with Crippen molar-refractivity contribution in [3.05, 3.63) is 28.9 Å². The zero-order chi connectivity index (χ0) is 28.3. The molecule has 1 aliphatic rings. The highest BCUT2D eigenvalue weighted by atomic mass is 35.5. The van der Waals surface area contributed by atoms with Crippen LogP contribution in [0.25, 0.3) is 10.4 Å². The molecule has 0 spiro atoms. The lowest BCUT2D eigenvalue weighted by molar-refractivity contribution is -0.158. The minimum atomic E-state index is -3.42. The zero-order valence-electron chi connectivity index (χ0n) is 23.6. The highest BCUT2D eigenvalue weighted by Crippen LogP contribution is 2.36. The molecule has 7 nitrogen and oxygen atoms in total. The van der Waals surface area contributed by atoms with Crippen molar-refractivity contribution in [1.82, 2.24) is 10.3 Å². The minimum Gasteiger partial charge on any atom is -0.459 e. The number of rotatable bonds is 10. The van der Waals surface area contributed by atoms with E-state index in [0.29, 0.717) is 17.9 Å². The molecule has 10 heteroatoms. The number of anilines is 1. The summed E-state index contributed by atoms with van der Waals surface area (Å²) >= 11 is 7.64. The number of sulfone groups is 1. The maximum absolute atomic E-state index is 12.8. The van der Waals surface area contributed by atoms with Crippen LogP contribution in [-0.2, 0) is 19.4 Å². The molecular formula is C28H42ClN3O4S2. The second-order valence-electron chi connectivity index (χ2n) is 11.8. The average molecular weight is 584 g/mol. The van der Waals surface area contributed by atoms with Gasteiger partial charge in [0, 0.05) is 18.8 Å². The van der Waals surface area contributed by atoms with Gasteiger partial charge in [-0.3, -0.25) is 4.79 Å². The maximum atomic E-state index is 12.8. The molecule has 1 saturated carbocycles. The molecule has 0 saturated heterocycles. The monoisotopic (exact) mass is 583 g/mol. The predicted molar refractivity (Wildman–Crippen MR) is 157 cm³/mol. The normalized spacial score (nSPS) is 19.4. The number of nitrogens with one attached hydrogen (secondary N) is 2. The van der Waals surface area contributed by atoms with Crippen LogP contribution in [0.2, 0.25) is 5.02 Å². The SMILES string of the molecule is Cc1nc(NCC2CCC(N[C@@H](CC(C)C)C(=O)OC(C)(C)C)CC2)sc1-c1ccc(Cl)c(S(C)(=O)=O)c1. The number of hydrogen-bond acceptors (Lipinski definition) is 8. The Hall–Kier alpha value is -1.68. The molecule has 1 heterocycles. The van der Waals surface area contributed by atoms with E-state index in [9.17, 15) is 13.2 Å². The first-order valence-electron chi connectivity index (χ1n) is 13.3. The van der Waals surface area contributed by atoms with Gasteiger partial charge >= 0.3 is 5.97 Å². The number of esters is 1. The molecule has 0 aliphatic heterocycles. The van der Waals surface area contributed by atoms with Gasteiger partial charge in [-0.1, -0.05) is 42.9 Å². The number of nitrogens with zero attached hydrogens (tertiary/aromatic N) is 1. The summed E-state index contributed by atoms with van der Waals surface area (Å²) in [6.45, 7) is 12.7. The first-order chi connectivity index (χ1) is 17.6. The fourth-order valence-corrected chi connectivity index (χ4v) is 7.07. The van der Waals surface area contributed by atoms with E-state index in [-0.39, 0.29) is 21.9 Å². The fourth-order valence-electron chi connectivity index (χ4n) is 4.79. The molecule has 1 atom stereocenters. The van der Waals surface area contributed by atoms with Gasteiger partial charge in [0.05, 0.1) is 20.5 Å². The second-order valence-corrected chi connectivity index (χ2v) is 15.2. The fraction of sp³-hybridized carbons (Fsp3) is 0.643. The summed E-state index contributed by atoms with van der Waals surface area (Å²) in [6.07, 6.45) is 6.10. The third-order valence-corrected chi connectivity index (χ3v) is 9.36. The third kappa shape index (κ3) is 8.93. The van der Waals surface area contributed by atoms with E-state index in [1.807, 2.05) is 33.8 Å². The Bertz CT molecular complexity index is 1210. The van der Waals surface area contributed by atoms with Crippen LogP contribution in [0.15, 0.2) is 23.1 Å². The first kappa shape index (κ1) is 30.9. The number of hydrogen-bond donors (Lipinski definition) is 2. The Morgan fingerprint density at radius 2 is 1.87 bits per heavy atom. The van der Waals surface area contributed by atoms with Crippen molar-refractivity contribution < 1.29 is 17.9 Å². The number of carbonyl (C=O) groups is 1. The summed E-state index contributed by atoms with van der Waals surface area (Å²) in [5, 5.41) is 8.15. The van der Waals surface area contributed by atoms with Crippen LogP contribution < -0.4 is 10.6 Å². The topological polar surface area (TPSA) is 97.4 Å². The summed E-state index contributed by atoms with van der Waals surface area (Å²) in [5.41, 5.74) is 1.16. The molecule has 0 unspecified atom stereocenters. The third-order valence-electron chi connectivity index (χ3n) is 6.61. The standard InChI is InChI=1S/C28H42ClN3O4S2/c1-17(2)14-23(26(33)36-28(4,5)6)32-21-11-8-19(9-12-21)16-30-27-31-18(3)25(37-27)20-10-13-22(29)24(15-20)38(7,34)35/h10,13,15,17,19,21,23,32H,8-9,11-12,14,16H2,1-7H3,(H,30,31)/t19?,21?,23-/m0/s1. The van der Waals surface area contributed by atoms with Crippen molar-refractivity contribution in [2.75, 3.05) is 18.1 Å². The molecule has 212 valence electrons. The van der Waals surface area contributed by atoms with Crippen molar-refractivity contribution in [2.24, 2.45) is 11.8 Å². The summed E-state index contributed by atoms with van der Waals surface area (Å²) in [7, 11) is -3.42. The Kier molecular flexibility index (Phi) is 10.3. The number of thiazole rings is 1.